The number of rotatable bonds is 7. The fourth-order valence-corrected chi connectivity index (χ4v) is 4.99. The van der Waals surface area contributed by atoms with Gasteiger partial charge in [0.1, 0.15) is 17.3 Å². The van der Waals surface area contributed by atoms with Gasteiger partial charge < -0.3 is 19.5 Å². The van der Waals surface area contributed by atoms with Gasteiger partial charge in [0.05, 0.1) is 36.4 Å². The van der Waals surface area contributed by atoms with E-state index in [0.29, 0.717) is 16.7 Å². The second kappa shape index (κ2) is 10.7. The predicted octanol–water partition coefficient (Wildman–Crippen LogP) is 6.41. The second-order valence-corrected chi connectivity index (χ2v) is 9.83. The summed E-state index contributed by atoms with van der Waals surface area (Å²) in [6.45, 7) is 6.19. The Labute approximate surface area is 222 Å². The van der Waals surface area contributed by atoms with Crippen LogP contribution >= 0.6 is 11.6 Å². The molecule has 0 bridgehead atoms. The van der Waals surface area contributed by atoms with E-state index in [1.54, 1.807) is 31.4 Å². The summed E-state index contributed by atoms with van der Waals surface area (Å²) >= 11 is 6.38. The van der Waals surface area contributed by atoms with E-state index in [1.165, 1.54) is 12.0 Å². The Morgan fingerprint density at radius 1 is 1.00 bits per heavy atom. The highest BCUT2D eigenvalue weighted by Gasteiger charge is 2.46. The number of halogens is 1. The number of benzene rings is 3. The highest BCUT2D eigenvalue weighted by Crippen LogP contribution is 2.43. The van der Waals surface area contributed by atoms with E-state index in [1.807, 2.05) is 43.3 Å². The number of nitrogens with zero attached hydrogens (tertiary/aromatic N) is 1. The molecule has 1 saturated heterocycles. The Balaban J connectivity index is 1.89. The highest BCUT2D eigenvalue weighted by atomic mass is 35.5. The molecule has 1 fully saturated rings. The number of Topliss-reactive ketones (excluding diaryl/α,β-unsaturated/α-hetero) is 1. The summed E-state index contributed by atoms with van der Waals surface area (Å²) in [5, 5.41) is 11.8. The first kappa shape index (κ1) is 26.3. The van der Waals surface area contributed by atoms with Gasteiger partial charge in [-0.05, 0) is 59.4 Å². The molecule has 1 N–H and O–H groups in total. The number of ether oxygens (including phenoxy) is 2. The quantitative estimate of drug-likeness (QED) is 0.222. The Morgan fingerprint density at radius 3 is 2.22 bits per heavy atom. The maximum atomic E-state index is 13.4. The molecule has 1 aliphatic heterocycles. The molecule has 3 aromatic rings. The van der Waals surface area contributed by atoms with E-state index in [9.17, 15) is 14.7 Å². The monoisotopic (exact) mass is 519 g/mol. The minimum absolute atomic E-state index is 0.00391. The van der Waals surface area contributed by atoms with Gasteiger partial charge in [0.25, 0.3) is 11.7 Å². The number of likely N-dealkylation sites (tertiary alicyclic amines) is 1. The Kier molecular flexibility index (Phi) is 7.60. The number of methoxy groups -OCH3 is 2. The van der Waals surface area contributed by atoms with Crippen LogP contribution in [0.2, 0.25) is 5.02 Å². The number of amides is 1. The van der Waals surface area contributed by atoms with Crippen LogP contribution in [0.1, 0.15) is 53.6 Å². The SMILES string of the molecule is COc1ccc(CN2C(=O)C(=O)/C(=C(/O)c3cc(C)cc(Cl)c3OC)C2c2ccc(C(C)C)cc2)cc1. The zero-order valence-corrected chi connectivity index (χ0v) is 22.3. The van der Waals surface area contributed by atoms with Crippen molar-refractivity contribution >= 4 is 29.1 Å². The van der Waals surface area contributed by atoms with E-state index in [2.05, 4.69) is 13.8 Å². The summed E-state index contributed by atoms with van der Waals surface area (Å²) in [4.78, 5) is 28.3. The van der Waals surface area contributed by atoms with Crippen molar-refractivity contribution in [1.29, 1.82) is 0 Å². The molecular weight excluding hydrogens is 490 g/mol. The molecule has 0 spiro atoms. The molecule has 6 nitrogen and oxygen atoms in total. The summed E-state index contributed by atoms with van der Waals surface area (Å²) in [6.07, 6.45) is 0. The molecule has 0 radical (unpaired) electrons. The van der Waals surface area contributed by atoms with Gasteiger partial charge >= 0.3 is 0 Å². The van der Waals surface area contributed by atoms with Crippen LogP contribution in [0.3, 0.4) is 0 Å². The lowest BCUT2D eigenvalue weighted by Crippen LogP contribution is -2.29. The zero-order valence-electron chi connectivity index (χ0n) is 21.5. The summed E-state index contributed by atoms with van der Waals surface area (Å²) in [5.74, 6) is -0.527. The van der Waals surface area contributed by atoms with Gasteiger partial charge in [0.2, 0.25) is 0 Å². The minimum Gasteiger partial charge on any atom is -0.507 e. The number of carbonyl (C=O) groups excluding carboxylic acids is 2. The van der Waals surface area contributed by atoms with Crippen molar-refractivity contribution in [2.24, 2.45) is 0 Å². The zero-order chi connectivity index (χ0) is 26.9. The Morgan fingerprint density at radius 2 is 1.65 bits per heavy atom. The smallest absolute Gasteiger partial charge is 0.295 e. The predicted molar refractivity (Wildman–Crippen MR) is 144 cm³/mol. The van der Waals surface area contributed by atoms with Crippen LogP contribution in [-0.4, -0.2) is 35.9 Å². The van der Waals surface area contributed by atoms with Crippen molar-refractivity contribution in [2.75, 3.05) is 14.2 Å². The van der Waals surface area contributed by atoms with Crippen LogP contribution in [-0.2, 0) is 16.1 Å². The molecular formula is C30H30ClNO5. The fraction of sp³-hybridized carbons (Fsp3) is 0.267. The van der Waals surface area contributed by atoms with Crippen molar-refractivity contribution in [3.63, 3.8) is 0 Å². The molecule has 4 rings (SSSR count). The van der Waals surface area contributed by atoms with E-state index < -0.39 is 17.7 Å². The first-order chi connectivity index (χ1) is 17.7. The lowest BCUT2D eigenvalue weighted by Gasteiger charge is -2.26. The van der Waals surface area contributed by atoms with Crippen LogP contribution < -0.4 is 9.47 Å². The van der Waals surface area contributed by atoms with Crippen LogP contribution in [0, 0.1) is 6.92 Å². The standard InChI is InChI=1S/C30H30ClNO5/c1-17(2)20-8-10-21(11-9-20)26-25(27(33)23-14-18(3)15-24(31)29(23)37-5)28(34)30(35)32(26)16-19-6-12-22(36-4)13-7-19/h6-15,17,26,33H,16H2,1-5H3/b27-25+. The van der Waals surface area contributed by atoms with Gasteiger partial charge in [-0.25, -0.2) is 0 Å². The van der Waals surface area contributed by atoms with Gasteiger partial charge in [-0.15, -0.1) is 0 Å². The normalized spacial score (nSPS) is 16.9. The molecule has 1 amide bonds. The van der Waals surface area contributed by atoms with E-state index >= 15 is 0 Å². The summed E-state index contributed by atoms with van der Waals surface area (Å²) in [7, 11) is 3.03. The molecule has 0 aromatic heterocycles. The largest absolute Gasteiger partial charge is 0.507 e. The van der Waals surface area contributed by atoms with Gasteiger partial charge in [-0.3, -0.25) is 9.59 Å². The molecule has 0 saturated carbocycles. The summed E-state index contributed by atoms with van der Waals surface area (Å²) < 4.78 is 10.7. The molecule has 1 atom stereocenters. The number of hydrogen-bond acceptors (Lipinski definition) is 5. The van der Waals surface area contributed by atoms with E-state index in [4.69, 9.17) is 21.1 Å². The van der Waals surface area contributed by atoms with Gasteiger partial charge in [-0.1, -0.05) is 61.8 Å². The third kappa shape index (κ3) is 5.07. The average Bonchev–Trinajstić information content (AvgIpc) is 3.13. The maximum absolute atomic E-state index is 13.4. The van der Waals surface area contributed by atoms with E-state index in [0.717, 1.165) is 22.3 Å². The molecule has 1 heterocycles. The third-order valence-electron chi connectivity index (χ3n) is 6.62. The fourth-order valence-electron chi connectivity index (χ4n) is 4.64. The minimum atomic E-state index is -0.799. The van der Waals surface area contributed by atoms with Crippen molar-refractivity contribution in [1.82, 2.24) is 4.90 Å². The molecule has 3 aromatic carbocycles. The number of aliphatic hydroxyl groups excluding tert-OH is 1. The topological polar surface area (TPSA) is 76.1 Å². The van der Waals surface area contributed by atoms with Gasteiger partial charge in [-0.2, -0.15) is 0 Å². The molecule has 0 aliphatic carbocycles. The van der Waals surface area contributed by atoms with Crippen LogP contribution in [0.5, 0.6) is 11.5 Å². The second-order valence-electron chi connectivity index (χ2n) is 9.42. The van der Waals surface area contributed by atoms with Crippen molar-refractivity contribution in [2.45, 2.75) is 39.3 Å². The van der Waals surface area contributed by atoms with Gasteiger partial charge in [0.15, 0.2) is 0 Å². The average molecular weight is 520 g/mol. The molecule has 1 unspecified atom stereocenters. The van der Waals surface area contributed by atoms with Gasteiger partial charge in [0, 0.05) is 6.54 Å². The summed E-state index contributed by atoms with van der Waals surface area (Å²) in [6, 6.07) is 17.7. The number of hydrogen-bond donors (Lipinski definition) is 1. The number of carbonyl (C=O) groups is 2. The first-order valence-electron chi connectivity index (χ1n) is 12.0. The maximum Gasteiger partial charge on any atom is 0.295 e. The lowest BCUT2D eigenvalue weighted by molar-refractivity contribution is -0.140. The molecule has 192 valence electrons. The molecule has 7 heteroatoms. The number of aryl methyl sites for hydroxylation is 1. The molecule has 1 aliphatic rings. The van der Waals surface area contributed by atoms with Crippen molar-refractivity contribution < 1.29 is 24.2 Å². The van der Waals surface area contributed by atoms with Crippen LogP contribution in [0.25, 0.3) is 5.76 Å². The number of ketones is 1. The Bertz CT molecular complexity index is 1360. The first-order valence-corrected chi connectivity index (χ1v) is 12.4. The third-order valence-corrected chi connectivity index (χ3v) is 6.90. The Hall–Kier alpha value is -3.77. The van der Waals surface area contributed by atoms with Crippen LogP contribution in [0.4, 0.5) is 0 Å². The number of aliphatic hydroxyl groups is 1. The lowest BCUT2D eigenvalue weighted by atomic mass is 9.92. The van der Waals surface area contributed by atoms with E-state index in [-0.39, 0.29) is 29.2 Å². The van der Waals surface area contributed by atoms with Crippen LogP contribution in [0.15, 0.2) is 66.2 Å². The summed E-state index contributed by atoms with van der Waals surface area (Å²) in [5.41, 5.74) is 3.70. The van der Waals surface area contributed by atoms with Crippen molar-refractivity contribution in [3.8, 4) is 11.5 Å². The van der Waals surface area contributed by atoms with Crippen molar-refractivity contribution in [3.05, 3.63) is 99.1 Å². The highest BCUT2D eigenvalue weighted by molar-refractivity contribution is 6.46. The molecule has 37 heavy (non-hydrogen) atoms.